The molecule has 0 fully saturated rings. The van der Waals surface area contributed by atoms with E-state index in [-0.39, 0.29) is 17.1 Å². The predicted molar refractivity (Wildman–Crippen MR) is 246 cm³/mol. The lowest BCUT2D eigenvalue weighted by Gasteiger charge is -2.39. The molecule has 6 aromatic rings. The zero-order valence-electron chi connectivity index (χ0n) is 35.2. The van der Waals surface area contributed by atoms with E-state index < -0.39 is 11.4 Å². The van der Waals surface area contributed by atoms with Crippen LogP contribution in [0.3, 0.4) is 0 Å². The summed E-state index contributed by atoms with van der Waals surface area (Å²) in [4.78, 5) is 25.8. The van der Waals surface area contributed by atoms with Crippen molar-refractivity contribution in [2.75, 3.05) is 6.61 Å². The molecule has 0 amide bonds. The Hall–Kier alpha value is -5.62. The number of phenols is 2. The molecule has 1 aliphatic carbocycles. The van der Waals surface area contributed by atoms with Gasteiger partial charge < -0.3 is 20.1 Å². The highest BCUT2D eigenvalue weighted by Gasteiger charge is 2.41. The van der Waals surface area contributed by atoms with Crippen molar-refractivity contribution in [3.05, 3.63) is 131 Å². The van der Waals surface area contributed by atoms with Crippen LogP contribution in [0, 0.1) is 0 Å². The predicted octanol–water partition coefficient (Wildman–Crippen LogP) is 14.0. The number of ether oxygens (including phenoxy) is 1. The Balaban J connectivity index is 1.14. The van der Waals surface area contributed by atoms with Gasteiger partial charge in [0.2, 0.25) is 0 Å². The van der Waals surface area contributed by atoms with Crippen LogP contribution in [-0.2, 0) is 16.6 Å². The molecule has 0 aliphatic heterocycles. The average molecular weight is 805 g/mol. The van der Waals surface area contributed by atoms with E-state index in [9.17, 15) is 24.9 Å². The first kappa shape index (κ1) is 42.5. The van der Waals surface area contributed by atoms with Gasteiger partial charge in [0.1, 0.15) is 29.1 Å². The Kier molecular flexibility index (Phi) is 14.2. The van der Waals surface area contributed by atoms with Gasteiger partial charge in [0.15, 0.2) is 0 Å². The number of allylic oxidation sites excluding steroid dienone is 2. The van der Waals surface area contributed by atoms with Gasteiger partial charge in [0.25, 0.3) is 0 Å². The number of rotatable bonds is 22. The number of aromatic hydroxyl groups is 2. The van der Waals surface area contributed by atoms with Crippen molar-refractivity contribution >= 4 is 50.1 Å². The van der Waals surface area contributed by atoms with E-state index in [1.807, 2.05) is 78.9 Å². The summed E-state index contributed by atoms with van der Waals surface area (Å²) in [5.41, 5.74) is 2.33. The van der Waals surface area contributed by atoms with Gasteiger partial charge in [-0.3, -0.25) is 4.79 Å². The van der Waals surface area contributed by atoms with Crippen molar-refractivity contribution < 1.29 is 29.6 Å². The molecule has 60 heavy (non-hydrogen) atoms. The summed E-state index contributed by atoms with van der Waals surface area (Å²) < 4.78 is 6.36. The Morgan fingerprint density at radius 2 is 1.28 bits per heavy atom. The Morgan fingerprint density at radius 1 is 0.650 bits per heavy atom. The molecule has 7 rings (SSSR count). The summed E-state index contributed by atoms with van der Waals surface area (Å²) in [6, 6.07) is 30.3. The molecule has 6 heteroatoms. The van der Waals surface area contributed by atoms with Crippen LogP contribution in [0.5, 0.6) is 17.2 Å². The largest absolute Gasteiger partial charge is 0.507 e. The maximum Gasteiger partial charge on any atom is 0.339 e. The topological polar surface area (TPSA) is 104 Å². The summed E-state index contributed by atoms with van der Waals surface area (Å²) >= 11 is 0. The minimum absolute atomic E-state index is 0.128. The quantitative estimate of drug-likeness (QED) is 0.0359. The maximum absolute atomic E-state index is 13.0. The molecule has 6 nitrogen and oxygen atoms in total. The lowest BCUT2D eigenvalue weighted by atomic mass is 9.63. The van der Waals surface area contributed by atoms with Crippen LogP contribution in [0.4, 0.5) is 0 Å². The van der Waals surface area contributed by atoms with E-state index in [1.165, 1.54) is 89.9 Å². The third-order valence-electron chi connectivity index (χ3n) is 12.7. The van der Waals surface area contributed by atoms with Gasteiger partial charge in [-0.15, -0.1) is 0 Å². The Labute approximate surface area is 354 Å². The van der Waals surface area contributed by atoms with E-state index in [1.54, 1.807) is 24.3 Å². The first-order valence-electron chi connectivity index (χ1n) is 22.4. The molecule has 3 N–H and O–H groups in total. The van der Waals surface area contributed by atoms with Gasteiger partial charge in [-0.05, 0) is 87.0 Å². The number of carboxylic acid groups (broad SMARTS) is 1. The Morgan fingerprint density at radius 3 is 1.97 bits per heavy atom. The number of aromatic carboxylic acids is 1. The third kappa shape index (κ3) is 9.23. The van der Waals surface area contributed by atoms with Crippen LogP contribution in [-0.4, -0.2) is 34.2 Å². The van der Waals surface area contributed by atoms with Crippen molar-refractivity contribution in [3.63, 3.8) is 0 Å². The highest BCUT2D eigenvalue weighted by Crippen LogP contribution is 2.51. The third-order valence-corrected chi connectivity index (χ3v) is 12.7. The smallest absolute Gasteiger partial charge is 0.339 e. The summed E-state index contributed by atoms with van der Waals surface area (Å²) in [6.45, 7) is 2.82. The van der Waals surface area contributed by atoms with E-state index in [4.69, 9.17) is 4.74 Å². The number of unbranched alkanes of at least 4 members (excludes halogenated alkanes) is 15. The number of benzene rings is 6. The molecule has 0 heterocycles. The lowest BCUT2D eigenvalue weighted by molar-refractivity contribution is -0.103. The second kappa shape index (κ2) is 20.1. The van der Waals surface area contributed by atoms with E-state index in [0.717, 1.165) is 52.0 Å². The molecule has 1 atom stereocenters. The van der Waals surface area contributed by atoms with Crippen molar-refractivity contribution in [1.29, 1.82) is 0 Å². The molecular weight excluding hydrogens is 745 g/mol. The number of phenolic OH excluding ortho intramolecular Hbond substituents is 1. The van der Waals surface area contributed by atoms with Crippen molar-refractivity contribution in [2.24, 2.45) is 0 Å². The van der Waals surface area contributed by atoms with E-state index >= 15 is 0 Å². The summed E-state index contributed by atoms with van der Waals surface area (Å²) in [6.07, 6.45) is 24.0. The molecule has 0 saturated carbocycles. The van der Waals surface area contributed by atoms with Crippen LogP contribution >= 0.6 is 0 Å². The number of carbonyl (C=O) groups excluding carboxylic acids is 1. The number of carboxylic acids is 1. The highest BCUT2D eigenvalue weighted by molar-refractivity contribution is 6.14. The van der Waals surface area contributed by atoms with Gasteiger partial charge in [-0.1, -0.05) is 176 Å². The van der Waals surface area contributed by atoms with Crippen LogP contribution in [0.2, 0.25) is 0 Å². The monoisotopic (exact) mass is 804 g/mol. The summed E-state index contributed by atoms with van der Waals surface area (Å²) in [7, 11) is 0. The first-order valence-corrected chi connectivity index (χ1v) is 22.4. The second-order valence-electron chi connectivity index (χ2n) is 16.8. The van der Waals surface area contributed by atoms with Crippen molar-refractivity contribution in [2.45, 2.75) is 121 Å². The molecule has 6 aromatic carbocycles. The number of hydrogen-bond acceptors (Lipinski definition) is 5. The van der Waals surface area contributed by atoms with Crippen LogP contribution in [0.15, 0.2) is 103 Å². The lowest BCUT2D eigenvalue weighted by Crippen LogP contribution is -2.33. The molecule has 0 bridgehead atoms. The fourth-order valence-electron chi connectivity index (χ4n) is 9.59. The molecule has 1 aliphatic rings. The summed E-state index contributed by atoms with van der Waals surface area (Å²) in [5.74, 6) is -0.826. The minimum Gasteiger partial charge on any atom is -0.507 e. The van der Waals surface area contributed by atoms with Gasteiger partial charge in [0, 0.05) is 21.8 Å². The second-order valence-corrected chi connectivity index (χ2v) is 16.8. The zero-order valence-corrected chi connectivity index (χ0v) is 35.2. The van der Waals surface area contributed by atoms with Crippen LogP contribution in [0.1, 0.15) is 142 Å². The molecule has 0 radical (unpaired) electrons. The van der Waals surface area contributed by atoms with Gasteiger partial charge in [-0.2, -0.15) is 0 Å². The molecule has 0 aromatic heterocycles. The summed E-state index contributed by atoms with van der Waals surface area (Å²) in [5, 5.41) is 37.7. The molecule has 0 spiro atoms. The number of aldehydes is 1. The first-order chi connectivity index (χ1) is 29.4. The van der Waals surface area contributed by atoms with Crippen molar-refractivity contribution in [3.8, 4) is 17.2 Å². The van der Waals surface area contributed by atoms with E-state index in [0.29, 0.717) is 46.1 Å². The molecular formula is C54H60O6. The highest BCUT2D eigenvalue weighted by atomic mass is 16.5. The molecule has 312 valence electrons. The average Bonchev–Trinajstić information content (AvgIpc) is 3.27. The fraction of sp³-hybridized carbons (Fsp3) is 0.370. The van der Waals surface area contributed by atoms with Gasteiger partial charge in [-0.25, -0.2) is 4.79 Å². The van der Waals surface area contributed by atoms with Crippen molar-refractivity contribution in [1.82, 2.24) is 0 Å². The SMILES string of the molecule is CCCCCCCCCCCCCCCCCCOc1ccc2c(O)c(C(=O)O)cc(C3(c4ccc(O)c5c4ccc4ccccc45)C=C(C=O)c4ccccc4C3)c2c1. The van der Waals surface area contributed by atoms with Crippen LogP contribution in [0.25, 0.3) is 37.9 Å². The minimum atomic E-state index is -1.26. The number of carbonyl (C=O) groups is 2. The van der Waals surface area contributed by atoms with Crippen LogP contribution < -0.4 is 4.74 Å². The molecule has 1 unspecified atom stereocenters. The van der Waals surface area contributed by atoms with Gasteiger partial charge >= 0.3 is 5.97 Å². The number of hydrogen-bond donors (Lipinski definition) is 3. The normalized spacial score (nSPS) is 15.0. The Bertz CT molecular complexity index is 2480. The number of fused-ring (bicyclic) bond motifs is 5. The van der Waals surface area contributed by atoms with E-state index in [2.05, 4.69) is 6.92 Å². The maximum atomic E-state index is 13.0. The fourth-order valence-corrected chi connectivity index (χ4v) is 9.59. The molecule has 0 saturated heterocycles. The zero-order chi connectivity index (χ0) is 41.9. The standard InChI is InChI=1S/C54H60O6/c1-2-3-4-5-6-7-8-9-10-11-12-13-14-15-16-21-32-60-41-27-29-44-46(33-41)49(34-47(52(44)57)53(58)59)54(35-39-23-18-19-24-42(39)40(36-54)37-55)48-30-31-50(56)51-43-25-20-17-22-38(43)26-28-45(48)51/h17-20,22-31,33-34,36-37,56-57H,2-16,21,32,35H2,1H3,(H,58,59). The van der Waals surface area contributed by atoms with Gasteiger partial charge in [0.05, 0.1) is 6.61 Å².